The van der Waals surface area contributed by atoms with E-state index in [-0.39, 0.29) is 11.9 Å². The number of aryl methyl sites for hydroxylation is 2. The quantitative estimate of drug-likeness (QED) is 0.838. The second-order valence-corrected chi connectivity index (χ2v) is 7.23. The minimum absolute atomic E-state index is 0.0518. The van der Waals surface area contributed by atoms with E-state index in [1.54, 1.807) is 28.6 Å². The Balaban J connectivity index is 1.88. The van der Waals surface area contributed by atoms with Crippen molar-refractivity contribution in [3.8, 4) is 5.75 Å². The third-order valence-electron chi connectivity index (χ3n) is 4.16. The molecule has 1 unspecified atom stereocenters. The zero-order valence-corrected chi connectivity index (χ0v) is 15.1. The number of carbonyl (C=O) groups is 1. The SMILES string of the molecule is Cc1nc(C(C)N(C)C(=O)C2=Cc3ccccc3OC=C2)c(C)s1. The Bertz CT molecular complexity index is 836. The minimum atomic E-state index is -0.0869. The summed E-state index contributed by atoms with van der Waals surface area (Å²) in [5.41, 5.74) is 2.45. The van der Waals surface area contributed by atoms with E-state index in [0.717, 1.165) is 26.9 Å². The predicted octanol–water partition coefficient (Wildman–Crippen LogP) is 4.27. The molecule has 1 aliphatic heterocycles. The lowest BCUT2D eigenvalue weighted by atomic mass is 10.1. The molecule has 2 aromatic rings. The molecule has 0 aliphatic carbocycles. The van der Waals surface area contributed by atoms with Gasteiger partial charge in [0.15, 0.2) is 0 Å². The number of carbonyl (C=O) groups excluding carboxylic acids is 1. The number of likely N-dealkylation sites (N-methyl/N-ethyl adjacent to an activating group) is 1. The lowest BCUT2D eigenvalue weighted by Gasteiger charge is -2.24. The topological polar surface area (TPSA) is 42.4 Å². The number of benzene rings is 1. The van der Waals surface area contributed by atoms with Gasteiger partial charge in [0.2, 0.25) is 0 Å². The van der Waals surface area contributed by atoms with Crippen LogP contribution in [0.4, 0.5) is 0 Å². The average Bonchev–Trinajstić information content (AvgIpc) is 2.79. The maximum Gasteiger partial charge on any atom is 0.254 e. The molecule has 0 spiro atoms. The highest BCUT2D eigenvalue weighted by Crippen LogP contribution is 2.29. The Kier molecular flexibility index (Phi) is 4.53. The molecule has 124 valence electrons. The predicted molar refractivity (Wildman–Crippen MR) is 97.0 cm³/mol. The Morgan fingerprint density at radius 3 is 2.75 bits per heavy atom. The van der Waals surface area contributed by atoms with Crippen molar-refractivity contribution in [2.75, 3.05) is 7.05 Å². The summed E-state index contributed by atoms with van der Waals surface area (Å²) in [6.45, 7) is 6.04. The zero-order chi connectivity index (χ0) is 17.3. The van der Waals surface area contributed by atoms with E-state index >= 15 is 0 Å². The van der Waals surface area contributed by atoms with Gasteiger partial charge in [-0.1, -0.05) is 18.2 Å². The van der Waals surface area contributed by atoms with Crippen molar-refractivity contribution in [2.45, 2.75) is 26.8 Å². The first kappa shape index (κ1) is 16.5. The van der Waals surface area contributed by atoms with Crippen molar-refractivity contribution in [3.05, 3.63) is 63.3 Å². The number of amides is 1. The molecule has 24 heavy (non-hydrogen) atoms. The normalized spacial score (nSPS) is 14.2. The molecule has 1 aromatic carbocycles. The monoisotopic (exact) mass is 340 g/mol. The van der Waals surface area contributed by atoms with Crippen LogP contribution in [0.25, 0.3) is 6.08 Å². The van der Waals surface area contributed by atoms with Gasteiger partial charge in [0.1, 0.15) is 5.75 Å². The van der Waals surface area contributed by atoms with Crippen molar-refractivity contribution in [2.24, 2.45) is 0 Å². The van der Waals surface area contributed by atoms with Crippen LogP contribution in [0.1, 0.15) is 34.1 Å². The van der Waals surface area contributed by atoms with Crippen LogP contribution in [0.5, 0.6) is 5.75 Å². The molecule has 5 heteroatoms. The maximum atomic E-state index is 12.9. The second kappa shape index (κ2) is 6.61. The fraction of sp³-hybridized carbons (Fsp3) is 0.263. The van der Waals surface area contributed by atoms with E-state index in [4.69, 9.17) is 4.74 Å². The van der Waals surface area contributed by atoms with Gasteiger partial charge in [-0.15, -0.1) is 11.3 Å². The van der Waals surface area contributed by atoms with Crippen LogP contribution in [0.15, 0.2) is 42.2 Å². The summed E-state index contributed by atoms with van der Waals surface area (Å²) >= 11 is 1.66. The lowest BCUT2D eigenvalue weighted by molar-refractivity contribution is -0.127. The number of ether oxygens (including phenoxy) is 1. The van der Waals surface area contributed by atoms with Crippen LogP contribution >= 0.6 is 11.3 Å². The summed E-state index contributed by atoms with van der Waals surface area (Å²) in [5, 5.41) is 1.02. The number of rotatable bonds is 3. The third kappa shape index (κ3) is 3.12. The summed E-state index contributed by atoms with van der Waals surface area (Å²) in [4.78, 5) is 20.4. The Hall–Kier alpha value is -2.40. The molecule has 0 fully saturated rings. The highest BCUT2D eigenvalue weighted by Gasteiger charge is 2.24. The van der Waals surface area contributed by atoms with Crippen LogP contribution in [-0.2, 0) is 4.79 Å². The molecule has 0 bridgehead atoms. The van der Waals surface area contributed by atoms with Crippen molar-refractivity contribution in [1.29, 1.82) is 0 Å². The van der Waals surface area contributed by atoms with Gasteiger partial charge in [-0.05, 0) is 39.0 Å². The summed E-state index contributed by atoms with van der Waals surface area (Å²) in [5.74, 6) is 0.697. The summed E-state index contributed by atoms with van der Waals surface area (Å²) in [7, 11) is 1.81. The molecule has 3 rings (SSSR count). The van der Waals surface area contributed by atoms with Gasteiger partial charge in [-0.3, -0.25) is 4.79 Å². The smallest absolute Gasteiger partial charge is 0.254 e. The van der Waals surface area contributed by atoms with E-state index in [2.05, 4.69) is 4.98 Å². The standard InChI is InChI=1S/C19H20N2O2S/c1-12(18-13(2)24-14(3)20-18)21(4)19(22)16-9-10-23-17-8-6-5-7-15(17)11-16/h5-12H,1-4H3. The molecule has 0 N–H and O–H groups in total. The molecule has 1 aromatic heterocycles. The van der Waals surface area contributed by atoms with Crippen LogP contribution in [0.3, 0.4) is 0 Å². The van der Waals surface area contributed by atoms with E-state index < -0.39 is 0 Å². The van der Waals surface area contributed by atoms with Crippen LogP contribution < -0.4 is 4.74 Å². The van der Waals surface area contributed by atoms with E-state index in [9.17, 15) is 4.79 Å². The zero-order valence-electron chi connectivity index (χ0n) is 14.2. The highest BCUT2D eigenvalue weighted by molar-refractivity contribution is 7.11. The summed E-state index contributed by atoms with van der Waals surface area (Å²) in [6.07, 6.45) is 5.14. The number of para-hydroxylation sites is 1. The van der Waals surface area contributed by atoms with Gasteiger partial charge in [0, 0.05) is 23.1 Å². The first-order valence-corrected chi connectivity index (χ1v) is 8.64. The van der Waals surface area contributed by atoms with Gasteiger partial charge < -0.3 is 9.64 Å². The van der Waals surface area contributed by atoms with Crippen LogP contribution in [0, 0.1) is 13.8 Å². The van der Waals surface area contributed by atoms with Gasteiger partial charge in [0.25, 0.3) is 5.91 Å². The largest absolute Gasteiger partial charge is 0.464 e. The Morgan fingerprint density at radius 1 is 1.29 bits per heavy atom. The van der Waals surface area contributed by atoms with E-state index in [1.807, 2.05) is 58.2 Å². The third-order valence-corrected chi connectivity index (χ3v) is 5.06. The molecular formula is C19H20N2O2S. The number of nitrogens with zero attached hydrogens (tertiary/aromatic N) is 2. The van der Waals surface area contributed by atoms with Gasteiger partial charge in [-0.25, -0.2) is 4.98 Å². The molecule has 0 radical (unpaired) electrons. The van der Waals surface area contributed by atoms with E-state index in [1.165, 1.54) is 0 Å². The van der Waals surface area contributed by atoms with E-state index in [0.29, 0.717) is 5.57 Å². The lowest BCUT2D eigenvalue weighted by Crippen LogP contribution is -2.31. The fourth-order valence-corrected chi connectivity index (χ4v) is 3.64. The minimum Gasteiger partial charge on any atom is -0.464 e. The molecule has 4 nitrogen and oxygen atoms in total. The molecule has 1 aliphatic rings. The first-order chi connectivity index (χ1) is 11.5. The Labute approximate surface area is 146 Å². The molecule has 0 saturated carbocycles. The van der Waals surface area contributed by atoms with Crippen molar-refractivity contribution in [3.63, 3.8) is 0 Å². The number of hydrogen-bond donors (Lipinski definition) is 0. The molecule has 2 heterocycles. The average molecular weight is 340 g/mol. The van der Waals surface area contributed by atoms with Crippen LogP contribution in [0.2, 0.25) is 0 Å². The van der Waals surface area contributed by atoms with Crippen molar-refractivity contribution >= 4 is 23.3 Å². The second-order valence-electron chi connectivity index (χ2n) is 5.82. The van der Waals surface area contributed by atoms with Crippen molar-refractivity contribution in [1.82, 2.24) is 9.88 Å². The van der Waals surface area contributed by atoms with Gasteiger partial charge in [0.05, 0.1) is 23.0 Å². The number of fused-ring (bicyclic) bond motifs is 1. The first-order valence-electron chi connectivity index (χ1n) is 7.82. The van der Waals surface area contributed by atoms with Gasteiger partial charge in [-0.2, -0.15) is 0 Å². The maximum absolute atomic E-state index is 12.9. The molecular weight excluding hydrogens is 320 g/mol. The summed E-state index contributed by atoms with van der Waals surface area (Å²) < 4.78 is 5.56. The molecule has 0 saturated heterocycles. The summed E-state index contributed by atoms with van der Waals surface area (Å²) in [6, 6.07) is 7.58. The van der Waals surface area contributed by atoms with Gasteiger partial charge >= 0.3 is 0 Å². The Morgan fingerprint density at radius 2 is 2.04 bits per heavy atom. The van der Waals surface area contributed by atoms with Crippen LogP contribution in [-0.4, -0.2) is 22.8 Å². The fourth-order valence-electron chi connectivity index (χ4n) is 2.73. The molecule has 1 atom stereocenters. The molecule has 1 amide bonds. The van der Waals surface area contributed by atoms with Crippen molar-refractivity contribution < 1.29 is 9.53 Å². The number of thiazole rings is 1. The highest BCUT2D eigenvalue weighted by atomic mass is 32.1. The number of hydrogen-bond acceptors (Lipinski definition) is 4. The number of aromatic nitrogens is 1.